The first-order valence-corrected chi connectivity index (χ1v) is 11.8. The van der Waals surface area contributed by atoms with Crippen molar-refractivity contribution in [1.82, 2.24) is 20.2 Å². The highest BCUT2D eigenvalue weighted by molar-refractivity contribution is 7.13. The number of thiophene rings is 1. The maximum atomic E-state index is 13.4. The number of carbonyl (C=O) groups is 2. The van der Waals surface area contributed by atoms with Crippen LogP contribution < -0.4 is 5.32 Å². The van der Waals surface area contributed by atoms with Gasteiger partial charge in [0.1, 0.15) is 5.69 Å². The quantitative estimate of drug-likeness (QED) is 0.613. The van der Waals surface area contributed by atoms with E-state index >= 15 is 0 Å². The number of carbonyl (C=O) groups excluding carboxylic acids is 2. The second-order valence-corrected chi connectivity index (χ2v) is 9.59. The molecule has 4 rings (SSSR count). The minimum absolute atomic E-state index is 0.0658. The molecular weight excluding hydrogens is 420 g/mol. The summed E-state index contributed by atoms with van der Waals surface area (Å²) in [5.41, 5.74) is 2.11. The van der Waals surface area contributed by atoms with Gasteiger partial charge in [0.05, 0.1) is 11.6 Å². The van der Waals surface area contributed by atoms with Crippen molar-refractivity contribution in [2.75, 3.05) is 13.1 Å². The Hall–Kier alpha value is -3.06. The maximum absolute atomic E-state index is 13.4. The third-order valence-corrected chi connectivity index (χ3v) is 6.89. The minimum atomic E-state index is -0.544. The van der Waals surface area contributed by atoms with Gasteiger partial charge in [-0.1, -0.05) is 30.3 Å². The highest BCUT2D eigenvalue weighted by Gasteiger charge is 2.42. The summed E-state index contributed by atoms with van der Waals surface area (Å²) in [6, 6.07) is 12.7. The van der Waals surface area contributed by atoms with Crippen LogP contribution in [0, 0.1) is 5.41 Å². The molecule has 1 saturated heterocycles. The van der Waals surface area contributed by atoms with E-state index in [-0.39, 0.29) is 17.9 Å². The van der Waals surface area contributed by atoms with Crippen molar-refractivity contribution >= 4 is 23.2 Å². The zero-order valence-electron chi connectivity index (χ0n) is 18.5. The predicted molar refractivity (Wildman–Crippen MR) is 126 cm³/mol. The van der Waals surface area contributed by atoms with Crippen LogP contribution in [0.5, 0.6) is 0 Å². The Morgan fingerprint density at radius 2 is 1.97 bits per heavy atom. The van der Waals surface area contributed by atoms with Gasteiger partial charge in [0.15, 0.2) is 0 Å². The number of nitrogens with zero attached hydrogens (tertiary/aromatic N) is 3. The van der Waals surface area contributed by atoms with Crippen LogP contribution >= 0.6 is 11.3 Å². The summed E-state index contributed by atoms with van der Waals surface area (Å²) in [4.78, 5) is 37.3. The summed E-state index contributed by atoms with van der Waals surface area (Å²) < 4.78 is 0. The Kier molecular flexibility index (Phi) is 6.65. The average molecular weight is 449 g/mol. The van der Waals surface area contributed by atoms with E-state index in [2.05, 4.69) is 51.0 Å². The lowest BCUT2D eigenvalue weighted by Gasteiger charge is -2.41. The van der Waals surface area contributed by atoms with Crippen LogP contribution in [0.15, 0.2) is 60.4 Å². The molecule has 0 saturated carbocycles. The van der Waals surface area contributed by atoms with Crippen LogP contribution in [-0.2, 0) is 11.2 Å². The van der Waals surface area contributed by atoms with Gasteiger partial charge in [-0.05, 0) is 55.7 Å². The van der Waals surface area contributed by atoms with E-state index in [1.54, 1.807) is 22.4 Å². The van der Waals surface area contributed by atoms with Crippen molar-refractivity contribution in [1.29, 1.82) is 0 Å². The van der Waals surface area contributed by atoms with Crippen molar-refractivity contribution in [3.05, 3.63) is 71.6 Å². The molecule has 0 spiro atoms. The number of nitrogens with one attached hydrogen (secondary N) is 1. The van der Waals surface area contributed by atoms with E-state index in [4.69, 9.17) is 0 Å². The number of rotatable bonds is 6. The van der Waals surface area contributed by atoms with Gasteiger partial charge in [0.2, 0.25) is 5.91 Å². The maximum Gasteiger partial charge on any atom is 0.274 e. The summed E-state index contributed by atoms with van der Waals surface area (Å²) in [6.45, 7) is 5.00. The molecule has 0 aliphatic carbocycles. The van der Waals surface area contributed by atoms with E-state index in [9.17, 15) is 9.59 Å². The Morgan fingerprint density at radius 3 is 2.62 bits per heavy atom. The van der Waals surface area contributed by atoms with Gasteiger partial charge in [0.25, 0.3) is 5.91 Å². The molecule has 2 aromatic heterocycles. The summed E-state index contributed by atoms with van der Waals surface area (Å²) in [5, 5.41) is 5.20. The van der Waals surface area contributed by atoms with E-state index < -0.39 is 5.41 Å². The number of aromatic nitrogens is 2. The Morgan fingerprint density at radius 1 is 1.16 bits per heavy atom. The topological polar surface area (TPSA) is 75.2 Å². The molecule has 7 heteroatoms. The number of benzene rings is 1. The fourth-order valence-electron chi connectivity index (χ4n) is 4.28. The zero-order chi connectivity index (χ0) is 22.6. The molecule has 6 nitrogen and oxygen atoms in total. The van der Waals surface area contributed by atoms with E-state index in [1.165, 1.54) is 22.8 Å². The molecule has 0 unspecified atom stereocenters. The molecule has 1 fully saturated rings. The lowest BCUT2D eigenvalue weighted by molar-refractivity contribution is -0.134. The smallest absolute Gasteiger partial charge is 0.274 e. The number of likely N-dealkylation sites (tertiary alicyclic amines) is 1. The number of piperidine rings is 1. The molecule has 1 aromatic carbocycles. The second-order valence-electron chi connectivity index (χ2n) is 8.65. The van der Waals surface area contributed by atoms with Crippen LogP contribution in [0.1, 0.15) is 42.7 Å². The van der Waals surface area contributed by atoms with Gasteiger partial charge in [-0.3, -0.25) is 14.6 Å². The van der Waals surface area contributed by atoms with Crippen molar-refractivity contribution in [2.24, 2.45) is 5.41 Å². The zero-order valence-corrected chi connectivity index (χ0v) is 19.3. The molecular formula is C25H28N4O2S. The van der Waals surface area contributed by atoms with Crippen LogP contribution in [0.3, 0.4) is 0 Å². The average Bonchev–Trinajstić information content (AvgIpc) is 3.34. The first-order valence-electron chi connectivity index (χ1n) is 11.0. The molecule has 1 aliphatic rings. The monoisotopic (exact) mass is 448 g/mol. The van der Waals surface area contributed by atoms with Gasteiger partial charge in [-0.2, -0.15) is 0 Å². The van der Waals surface area contributed by atoms with Gasteiger partial charge in [0, 0.05) is 36.4 Å². The number of amides is 2. The number of hydrogen-bond donors (Lipinski definition) is 1. The molecule has 0 atom stereocenters. The fourth-order valence-corrected chi connectivity index (χ4v) is 5.00. The third-order valence-electron chi connectivity index (χ3n) is 5.97. The molecule has 32 heavy (non-hydrogen) atoms. The lowest BCUT2D eigenvalue weighted by Crippen LogP contribution is -2.52. The predicted octanol–water partition coefficient (Wildman–Crippen LogP) is 4.19. The van der Waals surface area contributed by atoms with Gasteiger partial charge >= 0.3 is 0 Å². The third kappa shape index (κ3) is 4.88. The SMILES string of the molecule is CC(C)NC(=O)C1(Cc2cccc(-c3cccs3)c2)CCN(C(=O)c2cnccn2)CC1. The summed E-state index contributed by atoms with van der Waals surface area (Å²) in [6.07, 6.45) is 6.45. The first kappa shape index (κ1) is 22.1. The fraction of sp³-hybridized carbons (Fsp3) is 0.360. The minimum Gasteiger partial charge on any atom is -0.353 e. The summed E-state index contributed by atoms with van der Waals surface area (Å²) >= 11 is 1.71. The lowest BCUT2D eigenvalue weighted by atomic mass is 9.72. The normalized spacial score (nSPS) is 15.5. The van der Waals surface area contributed by atoms with Gasteiger partial charge < -0.3 is 10.2 Å². The van der Waals surface area contributed by atoms with Gasteiger partial charge in [-0.15, -0.1) is 11.3 Å². The molecule has 2 amide bonds. The van der Waals surface area contributed by atoms with Gasteiger partial charge in [-0.25, -0.2) is 4.98 Å². The molecule has 3 heterocycles. The molecule has 0 bridgehead atoms. The van der Waals surface area contributed by atoms with Crippen LogP contribution in [0.4, 0.5) is 0 Å². The highest BCUT2D eigenvalue weighted by Crippen LogP contribution is 2.37. The Bertz CT molecular complexity index is 1060. The molecule has 1 N–H and O–H groups in total. The van der Waals surface area contributed by atoms with Crippen LogP contribution in [0.2, 0.25) is 0 Å². The standard InChI is InChI=1S/C25H28N4O2S/c1-18(2)28-24(31)25(16-19-5-3-6-20(15-19)22-7-4-14-32-22)8-12-29(13-9-25)23(30)21-17-26-10-11-27-21/h3-7,10-11,14-15,17-18H,8-9,12-13,16H2,1-2H3,(H,28,31). The van der Waals surface area contributed by atoms with E-state index in [0.29, 0.717) is 38.0 Å². The molecule has 3 aromatic rings. The molecule has 1 aliphatic heterocycles. The van der Waals surface area contributed by atoms with Crippen molar-refractivity contribution in [3.8, 4) is 10.4 Å². The summed E-state index contributed by atoms with van der Waals surface area (Å²) in [7, 11) is 0. The largest absolute Gasteiger partial charge is 0.353 e. The molecule has 0 radical (unpaired) electrons. The summed E-state index contributed by atoms with van der Waals surface area (Å²) in [5.74, 6) is -0.0590. The van der Waals surface area contributed by atoms with Crippen LogP contribution in [-0.4, -0.2) is 45.8 Å². The van der Waals surface area contributed by atoms with Crippen LogP contribution in [0.25, 0.3) is 10.4 Å². The van der Waals surface area contributed by atoms with Crippen molar-refractivity contribution in [3.63, 3.8) is 0 Å². The van der Waals surface area contributed by atoms with E-state index in [0.717, 1.165) is 5.56 Å². The number of hydrogen-bond acceptors (Lipinski definition) is 5. The highest BCUT2D eigenvalue weighted by atomic mass is 32.1. The van der Waals surface area contributed by atoms with E-state index in [1.807, 2.05) is 19.9 Å². The second kappa shape index (κ2) is 9.61. The first-order chi connectivity index (χ1) is 15.5. The molecule has 166 valence electrons. The Balaban J connectivity index is 1.55. The van der Waals surface area contributed by atoms with Crippen molar-refractivity contribution < 1.29 is 9.59 Å². The Labute approximate surface area is 192 Å². The van der Waals surface area contributed by atoms with Crippen molar-refractivity contribution in [2.45, 2.75) is 39.2 Å².